The Labute approximate surface area is 127 Å². The van der Waals surface area contributed by atoms with Crippen LogP contribution in [0.5, 0.6) is 0 Å². The van der Waals surface area contributed by atoms with Crippen LogP contribution in [0, 0.1) is 6.92 Å². The van der Waals surface area contributed by atoms with Gasteiger partial charge >= 0.3 is 5.97 Å². The molecule has 1 aromatic heterocycles. The molecule has 3 rings (SSSR count). The first-order valence-electron chi connectivity index (χ1n) is 7.19. The van der Waals surface area contributed by atoms with Crippen LogP contribution in [0.25, 0.3) is 0 Å². The van der Waals surface area contributed by atoms with E-state index in [9.17, 15) is 9.59 Å². The van der Waals surface area contributed by atoms with Gasteiger partial charge in [-0.2, -0.15) is 0 Å². The van der Waals surface area contributed by atoms with Crippen LogP contribution in [-0.2, 0) is 12.8 Å². The second kappa shape index (κ2) is 5.63. The molecule has 0 bridgehead atoms. The summed E-state index contributed by atoms with van der Waals surface area (Å²) in [6.45, 7) is 1.81. The third kappa shape index (κ3) is 2.59. The van der Waals surface area contributed by atoms with Gasteiger partial charge in [-0.1, -0.05) is 11.2 Å². The lowest BCUT2D eigenvalue weighted by atomic mass is 9.96. The van der Waals surface area contributed by atoms with Gasteiger partial charge in [-0.3, -0.25) is 4.79 Å². The van der Waals surface area contributed by atoms with E-state index in [0.717, 1.165) is 42.6 Å². The minimum atomic E-state index is -1.03. The molecule has 2 N–H and O–H groups in total. The number of carbonyl (C=O) groups excluding carboxylic acids is 1. The molecule has 0 spiro atoms. The molecular formula is C16H16N2O4. The first-order valence-corrected chi connectivity index (χ1v) is 7.19. The molecule has 1 aliphatic carbocycles. The van der Waals surface area contributed by atoms with Crippen LogP contribution in [0.1, 0.15) is 50.6 Å². The second-order valence-corrected chi connectivity index (χ2v) is 5.43. The van der Waals surface area contributed by atoms with Crippen LogP contribution >= 0.6 is 0 Å². The quantitative estimate of drug-likeness (QED) is 0.909. The number of anilines is 1. The van der Waals surface area contributed by atoms with E-state index >= 15 is 0 Å². The lowest BCUT2D eigenvalue weighted by Gasteiger charge is -2.11. The maximum Gasteiger partial charge on any atom is 0.335 e. The zero-order valence-corrected chi connectivity index (χ0v) is 12.2. The van der Waals surface area contributed by atoms with Gasteiger partial charge < -0.3 is 14.9 Å². The SMILES string of the molecule is Cc1ccc(C(=O)O)cc1NC(=O)c1noc2c1CCCC2. The van der Waals surface area contributed by atoms with E-state index in [0.29, 0.717) is 11.4 Å². The van der Waals surface area contributed by atoms with Gasteiger partial charge in [-0.05, 0) is 43.9 Å². The van der Waals surface area contributed by atoms with Crippen molar-refractivity contribution in [2.75, 3.05) is 5.32 Å². The number of nitrogens with one attached hydrogen (secondary N) is 1. The van der Waals surface area contributed by atoms with Crippen molar-refractivity contribution in [1.82, 2.24) is 5.16 Å². The molecule has 6 heteroatoms. The number of rotatable bonds is 3. The summed E-state index contributed by atoms with van der Waals surface area (Å²) in [5.41, 5.74) is 2.56. The summed E-state index contributed by atoms with van der Waals surface area (Å²) in [6, 6.07) is 4.62. The van der Waals surface area contributed by atoms with Gasteiger partial charge in [-0.25, -0.2) is 4.79 Å². The topological polar surface area (TPSA) is 92.4 Å². The van der Waals surface area contributed by atoms with E-state index in [1.165, 1.54) is 12.1 Å². The Morgan fingerprint density at radius 1 is 1.27 bits per heavy atom. The van der Waals surface area contributed by atoms with E-state index in [1.54, 1.807) is 13.0 Å². The summed E-state index contributed by atoms with van der Waals surface area (Å²) in [7, 11) is 0. The predicted octanol–water partition coefficient (Wildman–Crippen LogP) is 2.81. The predicted molar refractivity (Wildman–Crippen MR) is 79.2 cm³/mol. The number of benzene rings is 1. The summed E-state index contributed by atoms with van der Waals surface area (Å²) in [5.74, 6) is -0.612. The molecular weight excluding hydrogens is 284 g/mol. The van der Waals surface area contributed by atoms with Gasteiger partial charge in [0.1, 0.15) is 5.76 Å². The molecule has 1 heterocycles. The van der Waals surface area contributed by atoms with Crippen molar-refractivity contribution in [3.63, 3.8) is 0 Å². The van der Waals surface area contributed by atoms with Crippen LogP contribution in [0.3, 0.4) is 0 Å². The van der Waals surface area contributed by atoms with Gasteiger partial charge in [0.25, 0.3) is 5.91 Å². The number of aromatic nitrogens is 1. The van der Waals surface area contributed by atoms with Crippen molar-refractivity contribution >= 4 is 17.6 Å². The van der Waals surface area contributed by atoms with Crippen LogP contribution in [0.4, 0.5) is 5.69 Å². The van der Waals surface area contributed by atoms with E-state index in [-0.39, 0.29) is 11.5 Å². The van der Waals surface area contributed by atoms with E-state index < -0.39 is 5.97 Å². The highest BCUT2D eigenvalue weighted by Gasteiger charge is 2.24. The average Bonchev–Trinajstić information content (AvgIpc) is 2.93. The van der Waals surface area contributed by atoms with Gasteiger partial charge in [-0.15, -0.1) is 0 Å². The lowest BCUT2D eigenvalue weighted by Crippen LogP contribution is -2.16. The van der Waals surface area contributed by atoms with Crippen LogP contribution in [-0.4, -0.2) is 22.1 Å². The Bertz CT molecular complexity index is 749. The first-order chi connectivity index (χ1) is 10.6. The molecule has 0 atom stereocenters. The molecule has 0 saturated heterocycles. The Morgan fingerprint density at radius 2 is 2.05 bits per heavy atom. The summed E-state index contributed by atoms with van der Waals surface area (Å²) in [4.78, 5) is 23.4. The normalized spacial score (nSPS) is 13.5. The summed E-state index contributed by atoms with van der Waals surface area (Å²) >= 11 is 0. The largest absolute Gasteiger partial charge is 0.478 e. The fourth-order valence-electron chi connectivity index (χ4n) is 2.63. The first kappa shape index (κ1) is 14.3. The minimum Gasteiger partial charge on any atom is -0.478 e. The van der Waals surface area contributed by atoms with Gasteiger partial charge in [0.2, 0.25) is 0 Å². The number of carbonyl (C=O) groups is 2. The molecule has 1 amide bonds. The summed E-state index contributed by atoms with van der Waals surface area (Å²) < 4.78 is 5.23. The molecule has 1 aromatic carbocycles. The zero-order valence-electron chi connectivity index (χ0n) is 12.2. The summed E-state index contributed by atoms with van der Waals surface area (Å²) in [6.07, 6.45) is 3.66. The number of hydrogen-bond donors (Lipinski definition) is 2. The zero-order chi connectivity index (χ0) is 15.7. The monoisotopic (exact) mass is 300 g/mol. The standard InChI is InChI=1S/C16H16N2O4/c1-9-6-7-10(16(20)21)8-12(9)17-15(19)14-11-4-2-3-5-13(11)22-18-14/h6-8H,2-5H2,1H3,(H,17,19)(H,20,21). The molecule has 0 aliphatic heterocycles. The molecule has 0 unspecified atom stereocenters. The van der Waals surface area contributed by atoms with Crippen molar-refractivity contribution in [1.29, 1.82) is 0 Å². The molecule has 1 aliphatic rings. The van der Waals surface area contributed by atoms with Crippen molar-refractivity contribution in [3.05, 3.63) is 46.3 Å². The molecule has 114 valence electrons. The molecule has 6 nitrogen and oxygen atoms in total. The number of aromatic carboxylic acids is 1. The number of amides is 1. The van der Waals surface area contributed by atoms with Crippen molar-refractivity contribution in [2.24, 2.45) is 0 Å². The third-order valence-electron chi connectivity index (χ3n) is 3.90. The maximum atomic E-state index is 12.4. The number of aryl methyl sites for hydroxylation is 2. The Kier molecular flexibility index (Phi) is 3.66. The van der Waals surface area contributed by atoms with Crippen LogP contribution < -0.4 is 5.32 Å². The highest BCUT2D eigenvalue weighted by atomic mass is 16.5. The summed E-state index contributed by atoms with van der Waals surface area (Å²) in [5, 5.41) is 15.6. The fraction of sp³-hybridized carbons (Fsp3) is 0.312. The molecule has 22 heavy (non-hydrogen) atoms. The van der Waals surface area contributed by atoms with Crippen LogP contribution in [0.2, 0.25) is 0 Å². The number of fused-ring (bicyclic) bond motifs is 1. The molecule has 2 aromatic rings. The minimum absolute atomic E-state index is 0.128. The van der Waals surface area contributed by atoms with Crippen LogP contribution in [0.15, 0.2) is 22.7 Å². The van der Waals surface area contributed by atoms with Crippen molar-refractivity contribution in [2.45, 2.75) is 32.6 Å². The maximum absolute atomic E-state index is 12.4. The number of hydrogen-bond acceptors (Lipinski definition) is 4. The third-order valence-corrected chi connectivity index (χ3v) is 3.90. The van der Waals surface area contributed by atoms with Gasteiger partial charge in [0.05, 0.1) is 5.56 Å². The van der Waals surface area contributed by atoms with Gasteiger partial charge in [0.15, 0.2) is 5.69 Å². The number of carboxylic acid groups (broad SMARTS) is 1. The Hall–Kier alpha value is -2.63. The Morgan fingerprint density at radius 3 is 2.82 bits per heavy atom. The smallest absolute Gasteiger partial charge is 0.335 e. The molecule has 0 radical (unpaired) electrons. The fourth-order valence-corrected chi connectivity index (χ4v) is 2.63. The van der Waals surface area contributed by atoms with Crippen molar-refractivity contribution < 1.29 is 19.2 Å². The van der Waals surface area contributed by atoms with Gasteiger partial charge in [0, 0.05) is 17.7 Å². The highest BCUT2D eigenvalue weighted by Crippen LogP contribution is 2.25. The number of carboxylic acids is 1. The molecule has 0 saturated carbocycles. The second-order valence-electron chi connectivity index (χ2n) is 5.43. The van der Waals surface area contributed by atoms with E-state index in [4.69, 9.17) is 9.63 Å². The lowest BCUT2D eigenvalue weighted by molar-refractivity contribution is 0.0696. The highest BCUT2D eigenvalue weighted by molar-refractivity contribution is 6.05. The number of nitrogens with zero attached hydrogens (tertiary/aromatic N) is 1. The molecule has 0 fully saturated rings. The Balaban J connectivity index is 1.87. The van der Waals surface area contributed by atoms with E-state index in [1.807, 2.05) is 0 Å². The van der Waals surface area contributed by atoms with E-state index in [2.05, 4.69) is 10.5 Å². The average molecular weight is 300 g/mol. The van der Waals surface area contributed by atoms with Crippen molar-refractivity contribution in [3.8, 4) is 0 Å².